The predicted octanol–water partition coefficient (Wildman–Crippen LogP) is 1.62. The molecule has 0 unspecified atom stereocenters. The lowest BCUT2D eigenvalue weighted by molar-refractivity contribution is -0.127. The van der Waals surface area contributed by atoms with Gasteiger partial charge in [-0.15, -0.1) is 0 Å². The first-order valence-corrected chi connectivity index (χ1v) is 6.27. The maximum atomic E-state index is 11.4. The molecule has 0 bridgehead atoms. The summed E-state index contributed by atoms with van der Waals surface area (Å²) in [5.41, 5.74) is 2.18. The summed E-state index contributed by atoms with van der Waals surface area (Å²) in [7, 11) is 3.43. The molecule has 1 amide bonds. The highest BCUT2D eigenvalue weighted by Gasteiger charge is 2.04. The zero-order valence-electron chi connectivity index (χ0n) is 11.0. The fourth-order valence-corrected chi connectivity index (χ4v) is 1.55. The third-order valence-corrected chi connectivity index (χ3v) is 2.74. The van der Waals surface area contributed by atoms with Gasteiger partial charge >= 0.3 is 0 Å². The third kappa shape index (κ3) is 4.71. The molecule has 0 saturated carbocycles. The van der Waals surface area contributed by atoms with E-state index >= 15 is 0 Å². The van der Waals surface area contributed by atoms with E-state index in [1.54, 1.807) is 14.1 Å². The summed E-state index contributed by atoms with van der Waals surface area (Å²) < 4.78 is 0. The molecule has 98 valence electrons. The van der Waals surface area contributed by atoms with Crippen molar-refractivity contribution in [3.8, 4) is 0 Å². The minimum atomic E-state index is -0.0125. The fourth-order valence-electron chi connectivity index (χ4n) is 1.36. The first-order valence-electron chi connectivity index (χ1n) is 5.87. The Morgan fingerprint density at radius 2 is 2.11 bits per heavy atom. The van der Waals surface area contributed by atoms with Crippen LogP contribution >= 0.6 is 12.2 Å². The number of thiocarbonyl (C=S) groups is 1. The molecule has 1 aromatic carbocycles. The number of likely N-dealkylation sites (N-methyl/N-ethyl adjacent to an activating group) is 1. The van der Waals surface area contributed by atoms with Gasteiger partial charge in [-0.1, -0.05) is 19.1 Å². The summed E-state index contributed by atoms with van der Waals surface area (Å²) >= 11 is 5.13. The molecule has 1 rings (SSSR count). The minimum Gasteiger partial charge on any atom is -0.353 e. The second kappa shape index (κ2) is 6.96. The topological polar surface area (TPSA) is 44.4 Å². The van der Waals surface area contributed by atoms with E-state index in [9.17, 15) is 4.79 Å². The van der Waals surface area contributed by atoms with Gasteiger partial charge in [0.1, 0.15) is 0 Å². The summed E-state index contributed by atoms with van der Waals surface area (Å²) in [5.74, 6) is -0.0125. The SMILES string of the molecule is CCc1cccc(NC(=S)NCC(=O)N(C)C)c1. The van der Waals surface area contributed by atoms with E-state index in [4.69, 9.17) is 12.2 Å². The quantitative estimate of drug-likeness (QED) is 0.812. The maximum Gasteiger partial charge on any atom is 0.241 e. The summed E-state index contributed by atoms with van der Waals surface area (Å²) in [4.78, 5) is 12.9. The molecule has 18 heavy (non-hydrogen) atoms. The Labute approximate surface area is 113 Å². The number of benzene rings is 1. The van der Waals surface area contributed by atoms with Crippen LogP contribution in [-0.2, 0) is 11.2 Å². The van der Waals surface area contributed by atoms with Crippen LogP contribution in [0.3, 0.4) is 0 Å². The average Bonchev–Trinajstić information content (AvgIpc) is 2.36. The molecule has 0 aliphatic rings. The number of aryl methyl sites for hydroxylation is 1. The minimum absolute atomic E-state index is 0.0125. The molecule has 2 N–H and O–H groups in total. The van der Waals surface area contributed by atoms with E-state index in [-0.39, 0.29) is 12.5 Å². The number of carbonyl (C=O) groups is 1. The molecule has 0 fully saturated rings. The van der Waals surface area contributed by atoms with Crippen molar-refractivity contribution >= 4 is 28.9 Å². The highest BCUT2D eigenvalue weighted by molar-refractivity contribution is 7.80. The van der Waals surface area contributed by atoms with E-state index in [2.05, 4.69) is 23.6 Å². The van der Waals surface area contributed by atoms with Crippen LogP contribution in [0.25, 0.3) is 0 Å². The number of nitrogens with zero attached hydrogens (tertiary/aromatic N) is 1. The number of carbonyl (C=O) groups excluding carboxylic acids is 1. The summed E-state index contributed by atoms with van der Waals surface area (Å²) in [5, 5.41) is 6.40. The number of rotatable bonds is 4. The lowest BCUT2D eigenvalue weighted by Crippen LogP contribution is -2.38. The lowest BCUT2D eigenvalue weighted by Gasteiger charge is -2.13. The molecule has 0 aromatic heterocycles. The number of hydrogen-bond donors (Lipinski definition) is 2. The predicted molar refractivity (Wildman–Crippen MR) is 78.7 cm³/mol. The summed E-state index contributed by atoms with van der Waals surface area (Å²) in [6.07, 6.45) is 0.981. The monoisotopic (exact) mass is 265 g/mol. The van der Waals surface area contributed by atoms with Gasteiger partial charge < -0.3 is 15.5 Å². The van der Waals surface area contributed by atoms with E-state index in [0.29, 0.717) is 5.11 Å². The Morgan fingerprint density at radius 3 is 2.72 bits per heavy atom. The van der Waals surface area contributed by atoms with Crippen LogP contribution in [0, 0.1) is 0 Å². The number of amides is 1. The van der Waals surface area contributed by atoms with E-state index < -0.39 is 0 Å². The van der Waals surface area contributed by atoms with Crippen LogP contribution in [0.15, 0.2) is 24.3 Å². The molecule has 0 heterocycles. The molecule has 0 radical (unpaired) electrons. The van der Waals surface area contributed by atoms with Gasteiger partial charge in [0.15, 0.2) is 5.11 Å². The van der Waals surface area contributed by atoms with Crippen molar-refractivity contribution in [3.63, 3.8) is 0 Å². The molecule has 0 aliphatic carbocycles. The van der Waals surface area contributed by atoms with Crippen molar-refractivity contribution in [3.05, 3.63) is 29.8 Å². The highest BCUT2D eigenvalue weighted by Crippen LogP contribution is 2.10. The molecule has 0 saturated heterocycles. The van der Waals surface area contributed by atoms with Crippen LogP contribution in [0.1, 0.15) is 12.5 Å². The van der Waals surface area contributed by atoms with Gasteiger partial charge in [0.25, 0.3) is 0 Å². The second-order valence-corrected chi connectivity index (χ2v) is 4.56. The maximum absolute atomic E-state index is 11.4. The van der Waals surface area contributed by atoms with Gasteiger partial charge in [-0.3, -0.25) is 4.79 Å². The van der Waals surface area contributed by atoms with Gasteiger partial charge in [0.05, 0.1) is 6.54 Å². The van der Waals surface area contributed by atoms with Gasteiger partial charge in [-0.05, 0) is 36.3 Å². The Hall–Kier alpha value is -1.62. The van der Waals surface area contributed by atoms with Crippen molar-refractivity contribution < 1.29 is 4.79 Å². The van der Waals surface area contributed by atoms with Crippen LogP contribution in [0.5, 0.6) is 0 Å². The smallest absolute Gasteiger partial charge is 0.241 e. The highest BCUT2D eigenvalue weighted by atomic mass is 32.1. The second-order valence-electron chi connectivity index (χ2n) is 4.15. The third-order valence-electron chi connectivity index (χ3n) is 2.49. The van der Waals surface area contributed by atoms with Gasteiger partial charge in [-0.2, -0.15) is 0 Å². The standard InChI is InChI=1S/C13H19N3OS/c1-4-10-6-5-7-11(8-10)15-13(18)14-9-12(17)16(2)3/h5-8H,4,9H2,1-3H3,(H2,14,15,18). The fraction of sp³-hybridized carbons (Fsp3) is 0.385. The van der Waals surface area contributed by atoms with Crippen molar-refractivity contribution in [2.75, 3.05) is 26.0 Å². The molecular formula is C13H19N3OS. The Kier molecular flexibility index (Phi) is 5.58. The molecule has 0 spiro atoms. The lowest BCUT2D eigenvalue weighted by atomic mass is 10.1. The Balaban J connectivity index is 2.47. The first-order chi connectivity index (χ1) is 8.52. The van der Waals surface area contributed by atoms with Gasteiger partial charge in [-0.25, -0.2) is 0 Å². The number of nitrogens with one attached hydrogen (secondary N) is 2. The zero-order valence-corrected chi connectivity index (χ0v) is 11.8. The average molecular weight is 265 g/mol. The van der Waals surface area contributed by atoms with E-state index in [1.165, 1.54) is 10.5 Å². The van der Waals surface area contributed by atoms with Crippen molar-refractivity contribution in [2.45, 2.75) is 13.3 Å². The Morgan fingerprint density at radius 1 is 1.39 bits per heavy atom. The molecule has 0 atom stereocenters. The summed E-state index contributed by atoms with van der Waals surface area (Å²) in [6, 6.07) is 8.04. The van der Waals surface area contributed by atoms with Crippen LogP contribution in [-0.4, -0.2) is 36.6 Å². The first kappa shape index (κ1) is 14.4. The van der Waals surface area contributed by atoms with Crippen LogP contribution in [0.2, 0.25) is 0 Å². The molecule has 5 heteroatoms. The largest absolute Gasteiger partial charge is 0.353 e. The zero-order chi connectivity index (χ0) is 13.5. The molecular weight excluding hydrogens is 246 g/mol. The van der Waals surface area contributed by atoms with Gasteiger partial charge in [0, 0.05) is 19.8 Å². The van der Waals surface area contributed by atoms with Gasteiger partial charge in [0.2, 0.25) is 5.91 Å². The van der Waals surface area contributed by atoms with Crippen LogP contribution < -0.4 is 10.6 Å². The van der Waals surface area contributed by atoms with Crippen molar-refractivity contribution in [1.29, 1.82) is 0 Å². The van der Waals surface area contributed by atoms with Crippen molar-refractivity contribution in [1.82, 2.24) is 10.2 Å². The Bertz CT molecular complexity index is 432. The van der Waals surface area contributed by atoms with Crippen LogP contribution in [0.4, 0.5) is 5.69 Å². The van der Waals surface area contributed by atoms with E-state index in [0.717, 1.165) is 12.1 Å². The number of hydrogen-bond acceptors (Lipinski definition) is 2. The molecule has 0 aliphatic heterocycles. The van der Waals surface area contributed by atoms with Crippen molar-refractivity contribution in [2.24, 2.45) is 0 Å². The summed E-state index contributed by atoms with van der Waals surface area (Å²) in [6.45, 7) is 2.30. The number of anilines is 1. The molecule has 4 nitrogen and oxygen atoms in total. The van der Waals surface area contributed by atoms with E-state index in [1.807, 2.05) is 18.2 Å². The molecule has 1 aromatic rings. The normalized spacial score (nSPS) is 9.72.